The van der Waals surface area contributed by atoms with Crippen molar-refractivity contribution in [2.24, 2.45) is 0 Å². The lowest BCUT2D eigenvalue weighted by atomic mass is 9.93. The smallest absolute Gasteiger partial charge is 0.164 e. The van der Waals surface area contributed by atoms with Crippen LogP contribution in [0.3, 0.4) is 0 Å². The van der Waals surface area contributed by atoms with Crippen molar-refractivity contribution in [3.05, 3.63) is 71.8 Å². The van der Waals surface area contributed by atoms with E-state index in [-0.39, 0.29) is 18.1 Å². The van der Waals surface area contributed by atoms with Gasteiger partial charge in [0.1, 0.15) is 0 Å². The van der Waals surface area contributed by atoms with Crippen LogP contribution in [0.25, 0.3) is 0 Å². The van der Waals surface area contributed by atoms with Crippen molar-refractivity contribution < 1.29 is 4.79 Å². The van der Waals surface area contributed by atoms with E-state index in [1.165, 1.54) is 0 Å². The lowest BCUT2D eigenvalue weighted by Gasteiger charge is -2.08. The molecule has 0 spiro atoms. The van der Waals surface area contributed by atoms with Crippen molar-refractivity contribution in [3.63, 3.8) is 0 Å². The van der Waals surface area contributed by atoms with Gasteiger partial charge in [-0.25, -0.2) is 0 Å². The van der Waals surface area contributed by atoms with Gasteiger partial charge in [-0.3, -0.25) is 4.79 Å². The number of carbonyl (C=O) groups excluding carboxylic acids is 1. The van der Waals surface area contributed by atoms with Crippen LogP contribution >= 0.6 is 0 Å². The van der Waals surface area contributed by atoms with Crippen LogP contribution in [0.15, 0.2) is 60.7 Å². The number of rotatable bonds is 4. The van der Waals surface area contributed by atoms with Crippen LogP contribution < -0.4 is 0 Å². The van der Waals surface area contributed by atoms with Crippen molar-refractivity contribution in [1.29, 1.82) is 5.26 Å². The predicted molar refractivity (Wildman–Crippen MR) is 70.2 cm³/mol. The normalized spacial score (nSPS) is 11.5. The van der Waals surface area contributed by atoms with Crippen LogP contribution in [0.1, 0.15) is 28.3 Å². The Bertz CT molecular complexity index is 555. The molecule has 88 valence electrons. The second-order valence-corrected chi connectivity index (χ2v) is 4.09. The highest BCUT2D eigenvalue weighted by Crippen LogP contribution is 2.20. The molecule has 0 saturated heterocycles. The van der Waals surface area contributed by atoms with E-state index in [0.717, 1.165) is 5.56 Å². The maximum Gasteiger partial charge on any atom is 0.164 e. The van der Waals surface area contributed by atoms with Crippen molar-refractivity contribution >= 4 is 5.78 Å². The molecule has 1 atom stereocenters. The zero-order chi connectivity index (χ0) is 12.8. The standard InChI is InChI=1S/C16H13NO/c17-12-15(13-7-3-1-4-8-13)11-16(18)14-9-5-2-6-10-14/h1-10,15H,11H2/t15-/m1/s1. The van der Waals surface area contributed by atoms with E-state index in [4.69, 9.17) is 0 Å². The quantitative estimate of drug-likeness (QED) is 0.760. The summed E-state index contributed by atoms with van der Waals surface area (Å²) in [6, 6.07) is 20.7. The lowest BCUT2D eigenvalue weighted by molar-refractivity contribution is 0.0979. The fraction of sp³-hybridized carbons (Fsp3) is 0.125. The van der Waals surface area contributed by atoms with Crippen LogP contribution in [0, 0.1) is 11.3 Å². The van der Waals surface area contributed by atoms with E-state index in [0.29, 0.717) is 5.56 Å². The highest BCUT2D eigenvalue weighted by molar-refractivity contribution is 5.96. The van der Waals surface area contributed by atoms with Gasteiger partial charge >= 0.3 is 0 Å². The van der Waals surface area contributed by atoms with E-state index >= 15 is 0 Å². The number of hydrogen-bond acceptors (Lipinski definition) is 2. The first-order valence-electron chi connectivity index (χ1n) is 5.84. The molecule has 2 heteroatoms. The van der Waals surface area contributed by atoms with Gasteiger partial charge < -0.3 is 0 Å². The number of Topliss-reactive ketones (excluding diaryl/α,β-unsaturated/α-hetero) is 1. The maximum absolute atomic E-state index is 12.0. The Morgan fingerprint density at radius 1 is 1.00 bits per heavy atom. The second-order valence-electron chi connectivity index (χ2n) is 4.09. The Morgan fingerprint density at radius 3 is 2.11 bits per heavy atom. The van der Waals surface area contributed by atoms with Gasteiger partial charge in [-0.2, -0.15) is 5.26 Å². The first-order valence-corrected chi connectivity index (χ1v) is 5.84. The average Bonchev–Trinajstić information content (AvgIpc) is 2.46. The van der Waals surface area contributed by atoms with Gasteiger partial charge in [0.25, 0.3) is 0 Å². The number of benzene rings is 2. The van der Waals surface area contributed by atoms with Gasteiger partial charge in [-0.1, -0.05) is 60.7 Å². The van der Waals surface area contributed by atoms with Gasteiger partial charge in [-0.15, -0.1) is 0 Å². The Hall–Kier alpha value is -2.40. The molecule has 0 aliphatic heterocycles. The molecule has 2 rings (SSSR count). The SMILES string of the molecule is N#C[C@@H](CC(=O)c1ccccc1)c1ccccc1. The van der Waals surface area contributed by atoms with Crippen LogP contribution in [0.2, 0.25) is 0 Å². The number of ketones is 1. The summed E-state index contributed by atoms with van der Waals surface area (Å²) in [6.45, 7) is 0. The molecule has 0 aromatic heterocycles. The Labute approximate surface area is 107 Å². The van der Waals surface area contributed by atoms with Crippen LogP contribution in [0.5, 0.6) is 0 Å². The van der Waals surface area contributed by atoms with Crippen LogP contribution in [-0.2, 0) is 0 Å². The van der Waals surface area contributed by atoms with Crippen molar-refractivity contribution in [3.8, 4) is 6.07 Å². The van der Waals surface area contributed by atoms with Gasteiger partial charge in [0, 0.05) is 12.0 Å². The molecule has 0 amide bonds. The van der Waals surface area contributed by atoms with Crippen molar-refractivity contribution in [1.82, 2.24) is 0 Å². The van der Waals surface area contributed by atoms with Gasteiger partial charge in [0.05, 0.1) is 12.0 Å². The average molecular weight is 235 g/mol. The molecule has 0 aliphatic carbocycles. The third-order valence-electron chi connectivity index (χ3n) is 2.84. The molecular formula is C16H13NO. The summed E-state index contributed by atoms with van der Waals surface area (Å²) in [6.07, 6.45) is 0.227. The van der Waals surface area contributed by atoms with Crippen molar-refractivity contribution in [2.75, 3.05) is 0 Å². The Kier molecular flexibility index (Phi) is 3.88. The van der Waals surface area contributed by atoms with E-state index in [1.807, 2.05) is 48.5 Å². The first kappa shape index (κ1) is 12.1. The number of nitriles is 1. The lowest BCUT2D eigenvalue weighted by Crippen LogP contribution is -2.06. The summed E-state index contributed by atoms with van der Waals surface area (Å²) in [5.41, 5.74) is 1.55. The van der Waals surface area contributed by atoms with E-state index < -0.39 is 0 Å². The largest absolute Gasteiger partial charge is 0.294 e. The predicted octanol–water partition coefficient (Wildman–Crippen LogP) is 3.57. The third kappa shape index (κ3) is 2.83. The topological polar surface area (TPSA) is 40.9 Å². The zero-order valence-electron chi connectivity index (χ0n) is 9.91. The molecule has 0 fully saturated rings. The minimum absolute atomic E-state index is 0.00556. The summed E-state index contributed by atoms with van der Waals surface area (Å²) in [4.78, 5) is 12.0. The molecule has 0 radical (unpaired) electrons. The number of nitrogens with zero attached hydrogens (tertiary/aromatic N) is 1. The summed E-state index contributed by atoms with van der Waals surface area (Å²) in [7, 11) is 0. The first-order chi connectivity index (χ1) is 8.81. The summed E-state index contributed by atoms with van der Waals surface area (Å²) in [5.74, 6) is -0.370. The minimum Gasteiger partial charge on any atom is -0.294 e. The van der Waals surface area contributed by atoms with Gasteiger partial charge in [0.15, 0.2) is 5.78 Å². The molecule has 0 saturated carbocycles. The third-order valence-corrected chi connectivity index (χ3v) is 2.84. The zero-order valence-corrected chi connectivity index (χ0v) is 9.91. The molecule has 0 N–H and O–H groups in total. The van der Waals surface area contributed by atoms with Crippen LogP contribution in [0.4, 0.5) is 0 Å². The summed E-state index contributed by atoms with van der Waals surface area (Å²) < 4.78 is 0. The fourth-order valence-electron chi connectivity index (χ4n) is 1.85. The molecule has 2 nitrogen and oxygen atoms in total. The number of carbonyl (C=O) groups is 1. The number of hydrogen-bond donors (Lipinski definition) is 0. The van der Waals surface area contributed by atoms with E-state index in [1.54, 1.807) is 12.1 Å². The monoisotopic (exact) mass is 235 g/mol. The van der Waals surface area contributed by atoms with E-state index in [2.05, 4.69) is 6.07 Å². The Morgan fingerprint density at radius 2 is 1.56 bits per heavy atom. The second kappa shape index (κ2) is 5.79. The minimum atomic E-state index is -0.376. The molecule has 0 unspecified atom stereocenters. The molecule has 0 bridgehead atoms. The molecule has 18 heavy (non-hydrogen) atoms. The molecular weight excluding hydrogens is 222 g/mol. The van der Waals surface area contributed by atoms with Gasteiger partial charge in [0.2, 0.25) is 0 Å². The highest BCUT2D eigenvalue weighted by atomic mass is 16.1. The van der Waals surface area contributed by atoms with Crippen LogP contribution in [-0.4, -0.2) is 5.78 Å². The molecule has 2 aromatic carbocycles. The van der Waals surface area contributed by atoms with Gasteiger partial charge in [-0.05, 0) is 5.56 Å². The molecule has 2 aromatic rings. The van der Waals surface area contributed by atoms with Crippen molar-refractivity contribution in [2.45, 2.75) is 12.3 Å². The highest BCUT2D eigenvalue weighted by Gasteiger charge is 2.16. The maximum atomic E-state index is 12.0. The van der Waals surface area contributed by atoms with E-state index in [9.17, 15) is 10.1 Å². The fourth-order valence-corrected chi connectivity index (χ4v) is 1.85. The summed E-state index contributed by atoms with van der Waals surface area (Å²) in [5, 5.41) is 9.17. The summed E-state index contributed by atoms with van der Waals surface area (Å²) >= 11 is 0. The molecule has 0 heterocycles. The Balaban J connectivity index is 2.14. The molecule has 0 aliphatic rings.